The minimum Gasteiger partial charge on any atom is -0.463 e. The molecule has 4 aliphatic rings. The third-order valence-corrected chi connectivity index (χ3v) is 23.3. The van der Waals surface area contributed by atoms with Crippen molar-refractivity contribution in [2.45, 2.75) is 127 Å². The van der Waals surface area contributed by atoms with Crippen molar-refractivity contribution in [2.75, 3.05) is 0 Å². The zero-order valence-corrected chi connectivity index (χ0v) is 33.4. The van der Waals surface area contributed by atoms with Gasteiger partial charge in [-0.15, -0.1) is 0 Å². The maximum atomic E-state index is 11.8. The van der Waals surface area contributed by atoms with E-state index >= 15 is 0 Å². The Bertz CT molecular complexity index is 902. The van der Waals surface area contributed by atoms with Gasteiger partial charge in [-0.25, -0.2) is 0 Å². The topological polar surface area (TPSA) is 26.3 Å². The smallest absolute Gasteiger partial charge is 0.302 e. The van der Waals surface area contributed by atoms with Gasteiger partial charge in [0.25, 0.3) is 0 Å². The Kier molecular flexibility index (Phi) is 10.2. The minimum absolute atomic E-state index is 0.0461. The zero-order chi connectivity index (χ0) is 28.6. The number of hydrogen-bond acceptors (Lipinski definition) is 2. The number of halogens is 6. The molecule has 4 fully saturated rings. The van der Waals surface area contributed by atoms with Crippen molar-refractivity contribution in [3.63, 3.8) is 0 Å². The maximum absolute atomic E-state index is 11.8. The molecule has 0 amide bonds. The number of fused-ring (bicyclic) bond motifs is 5. The monoisotopic (exact) mass is 912 g/mol. The fraction of sp³-hybridized carbons (Fsp3) is 0.967. The Labute approximate surface area is 282 Å². The van der Waals surface area contributed by atoms with Crippen LogP contribution < -0.4 is 0 Å². The van der Waals surface area contributed by atoms with Gasteiger partial charge in [0.05, 0.1) is 8.65 Å². The lowest BCUT2D eigenvalue weighted by Crippen LogP contribution is -2.77. The van der Waals surface area contributed by atoms with Crippen LogP contribution in [0.4, 0.5) is 0 Å². The predicted molar refractivity (Wildman–Crippen MR) is 182 cm³/mol. The quantitative estimate of drug-likeness (QED) is 0.196. The molecule has 4 aliphatic carbocycles. The van der Waals surface area contributed by atoms with Crippen LogP contribution in [0.25, 0.3) is 0 Å². The first-order valence-corrected chi connectivity index (χ1v) is 19.8. The van der Waals surface area contributed by atoms with Crippen molar-refractivity contribution in [1.29, 1.82) is 0 Å². The lowest BCUT2D eigenvalue weighted by molar-refractivity contribution is -0.154. The predicted octanol–water partition coefficient (Wildman–Crippen LogP) is 10.8. The highest BCUT2D eigenvalue weighted by Crippen LogP contribution is 2.78. The summed E-state index contributed by atoms with van der Waals surface area (Å²) in [7, 11) is 0. The van der Waals surface area contributed by atoms with Crippen LogP contribution >= 0.6 is 95.6 Å². The number of alkyl halides is 6. The van der Waals surface area contributed by atoms with E-state index in [4.69, 9.17) is 4.74 Å². The molecule has 38 heavy (non-hydrogen) atoms. The average Bonchev–Trinajstić information content (AvgIpc) is 3.18. The summed E-state index contributed by atoms with van der Waals surface area (Å²) in [6, 6.07) is 0. The summed E-state index contributed by atoms with van der Waals surface area (Å²) >= 11 is 26.1. The molecule has 0 radical (unpaired) electrons. The third kappa shape index (κ3) is 4.91. The molecule has 0 aromatic carbocycles. The number of carbonyl (C=O) groups is 1. The van der Waals surface area contributed by atoms with Gasteiger partial charge in [0.15, 0.2) is 0 Å². The Morgan fingerprint density at radius 3 is 2.13 bits per heavy atom. The van der Waals surface area contributed by atoms with Crippen LogP contribution in [0, 0.1) is 46.3 Å². The molecule has 0 N–H and O–H groups in total. The van der Waals surface area contributed by atoms with E-state index in [1.807, 2.05) is 0 Å². The van der Waals surface area contributed by atoms with E-state index in [-0.39, 0.29) is 31.6 Å². The van der Waals surface area contributed by atoms with Crippen LogP contribution in [0.5, 0.6) is 0 Å². The number of carbonyl (C=O) groups excluding carboxylic acids is 1. The number of rotatable bonds is 6. The molecule has 0 heterocycles. The van der Waals surface area contributed by atoms with Gasteiger partial charge < -0.3 is 4.74 Å². The van der Waals surface area contributed by atoms with Crippen LogP contribution in [0.3, 0.4) is 0 Å². The summed E-state index contributed by atoms with van der Waals surface area (Å²) in [5.41, 5.74) is 0.334. The van der Waals surface area contributed by atoms with Crippen LogP contribution in [-0.2, 0) is 9.53 Å². The van der Waals surface area contributed by atoms with Crippen molar-refractivity contribution in [3.8, 4) is 0 Å². The molecule has 4 saturated carbocycles. The maximum Gasteiger partial charge on any atom is 0.302 e. The Balaban J connectivity index is 1.67. The van der Waals surface area contributed by atoms with Crippen LogP contribution in [-0.4, -0.2) is 40.0 Å². The van der Waals surface area contributed by atoms with Crippen molar-refractivity contribution in [2.24, 2.45) is 46.3 Å². The first-order chi connectivity index (χ1) is 17.5. The lowest BCUT2D eigenvalue weighted by Gasteiger charge is -2.72. The fourth-order valence-corrected chi connectivity index (χ4v) is 17.7. The molecule has 4 rings (SSSR count). The molecular formula is C30H46Br6O2. The van der Waals surface area contributed by atoms with Crippen LogP contribution in [0.1, 0.15) is 93.4 Å². The average molecular weight is 918 g/mol. The van der Waals surface area contributed by atoms with E-state index in [0.29, 0.717) is 54.8 Å². The molecule has 14 atom stereocenters. The van der Waals surface area contributed by atoms with Gasteiger partial charge in [-0.1, -0.05) is 137 Å². The molecule has 6 unspecified atom stereocenters. The fourth-order valence-electron chi connectivity index (χ4n) is 9.50. The summed E-state index contributed by atoms with van der Waals surface area (Å²) < 4.78 is 5.56. The Morgan fingerprint density at radius 1 is 0.921 bits per heavy atom. The normalized spacial score (nSPS) is 49.8. The van der Waals surface area contributed by atoms with Gasteiger partial charge in [-0.2, -0.15) is 0 Å². The summed E-state index contributed by atoms with van der Waals surface area (Å²) in [6.07, 6.45) is 7.85. The van der Waals surface area contributed by atoms with Crippen molar-refractivity contribution < 1.29 is 9.53 Å². The number of ether oxygens (including phenoxy) is 1. The molecular weight excluding hydrogens is 872 g/mol. The highest BCUT2D eigenvalue weighted by Gasteiger charge is 2.77. The molecule has 8 heteroatoms. The molecule has 2 nitrogen and oxygen atoms in total. The van der Waals surface area contributed by atoms with E-state index in [2.05, 4.69) is 137 Å². The van der Waals surface area contributed by atoms with E-state index < -0.39 is 0 Å². The van der Waals surface area contributed by atoms with Gasteiger partial charge >= 0.3 is 5.97 Å². The highest BCUT2D eigenvalue weighted by atomic mass is 79.9. The van der Waals surface area contributed by atoms with Gasteiger partial charge in [0.2, 0.25) is 0 Å². The second-order valence-electron chi connectivity index (χ2n) is 14.1. The van der Waals surface area contributed by atoms with Crippen molar-refractivity contribution in [1.82, 2.24) is 0 Å². The summed E-state index contributed by atoms with van der Waals surface area (Å²) in [5.74, 6) is 3.42. The molecule has 0 aromatic heterocycles. The largest absolute Gasteiger partial charge is 0.463 e. The van der Waals surface area contributed by atoms with Gasteiger partial charge in [0, 0.05) is 26.2 Å². The minimum atomic E-state index is -0.148. The van der Waals surface area contributed by atoms with Crippen LogP contribution in [0.15, 0.2) is 0 Å². The highest BCUT2D eigenvalue weighted by molar-refractivity contribution is 9.15. The molecule has 0 aromatic rings. The lowest BCUT2D eigenvalue weighted by atomic mass is 9.44. The standard InChI is InChI=1S/C30H46Br6O2/c1-15(2)16(3)25(33)26(34)17(4)21-8-9-22-27(21,6)14-24(32)30(36)28(7)11-10-20(38-18(5)37)12-19(28)13-23(31)29(22,30)35/h15-17,19-26H,8-14H2,1-7H3/t16-,17+,19?,20?,21-,22-,23?,24?,25?,26?,27-,28+,29+,30+/m1/s1. The Hall–Kier alpha value is 2.35. The molecule has 0 bridgehead atoms. The SMILES string of the molecule is CC(=O)OC1CC[C@@]2(C)C(C1)CC(Br)[C@@]1(Br)[C@@H]3CC[C@H]([C@H](C)C(Br)C(Br)[C@H](C)C(C)C)[C@@]3(C)CC(Br)[C@]21Br. The zero-order valence-electron chi connectivity index (χ0n) is 23.9. The van der Waals surface area contributed by atoms with Crippen LogP contribution in [0.2, 0.25) is 0 Å². The first-order valence-electron chi connectivity index (χ1n) is 14.6. The van der Waals surface area contributed by atoms with Crippen molar-refractivity contribution >= 4 is 102 Å². The van der Waals surface area contributed by atoms with E-state index in [0.717, 1.165) is 25.7 Å². The summed E-state index contributed by atoms with van der Waals surface area (Å²) in [6.45, 7) is 16.2. The molecule has 0 saturated heterocycles. The second-order valence-corrected chi connectivity index (χ2v) is 21.0. The van der Waals surface area contributed by atoms with E-state index in [9.17, 15) is 4.79 Å². The molecule has 220 valence electrons. The van der Waals surface area contributed by atoms with Gasteiger partial charge in [-0.05, 0) is 91.3 Å². The van der Waals surface area contributed by atoms with E-state index in [1.54, 1.807) is 6.92 Å². The second kappa shape index (κ2) is 11.7. The summed E-state index contributed by atoms with van der Waals surface area (Å²) in [5, 5.41) is 0. The third-order valence-electron chi connectivity index (χ3n) is 12.1. The molecule has 0 spiro atoms. The number of esters is 1. The van der Waals surface area contributed by atoms with E-state index in [1.165, 1.54) is 19.3 Å². The number of hydrogen-bond donors (Lipinski definition) is 0. The summed E-state index contributed by atoms with van der Waals surface area (Å²) in [4.78, 5) is 13.3. The van der Waals surface area contributed by atoms with Crippen molar-refractivity contribution in [3.05, 3.63) is 0 Å². The first kappa shape index (κ1) is 33.2. The molecule has 0 aliphatic heterocycles. The Morgan fingerprint density at radius 2 is 1.55 bits per heavy atom. The van der Waals surface area contributed by atoms with Gasteiger partial charge in [0.1, 0.15) is 6.10 Å². The van der Waals surface area contributed by atoms with Gasteiger partial charge in [-0.3, -0.25) is 4.79 Å².